The lowest BCUT2D eigenvalue weighted by Crippen LogP contribution is -2.01. The third-order valence-corrected chi connectivity index (χ3v) is 3.24. The van der Waals surface area contributed by atoms with Gasteiger partial charge in [-0.25, -0.2) is 9.79 Å². The van der Waals surface area contributed by atoms with Crippen molar-refractivity contribution in [2.75, 3.05) is 0 Å². The topological polar surface area (TPSA) is 38.7 Å². The van der Waals surface area contributed by atoms with E-state index >= 15 is 0 Å². The molecule has 3 nitrogen and oxygen atoms in total. The quantitative estimate of drug-likeness (QED) is 0.632. The van der Waals surface area contributed by atoms with Crippen LogP contribution >= 0.6 is 0 Å². The summed E-state index contributed by atoms with van der Waals surface area (Å²) in [5, 5.41) is 0. The normalized spacial score (nSPS) is 16.1. The molecule has 3 rings (SSSR count). The highest BCUT2D eigenvalue weighted by molar-refractivity contribution is 6.11. The minimum absolute atomic E-state index is 0.312. The van der Waals surface area contributed by atoms with Crippen molar-refractivity contribution in [1.29, 1.82) is 0 Å². The van der Waals surface area contributed by atoms with Crippen LogP contribution in [0.3, 0.4) is 0 Å². The van der Waals surface area contributed by atoms with Crippen LogP contribution in [-0.4, -0.2) is 11.9 Å². The summed E-state index contributed by atoms with van der Waals surface area (Å²) >= 11 is 0. The number of ether oxygens (including phenoxy) is 1. The van der Waals surface area contributed by atoms with Gasteiger partial charge in [-0.15, -0.1) is 0 Å². The molecule has 0 aliphatic carbocycles. The molecule has 0 aromatic heterocycles. The van der Waals surface area contributed by atoms with Crippen LogP contribution in [0, 0.1) is 6.92 Å². The second-order valence-corrected chi connectivity index (χ2v) is 5.02. The number of hydrogen-bond donors (Lipinski definition) is 0. The summed E-state index contributed by atoms with van der Waals surface area (Å²) in [4.78, 5) is 16.0. The van der Waals surface area contributed by atoms with E-state index in [-0.39, 0.29) is 0 Å². The number of aryl methyl sites for hydroxylation is 1. The van der Waals surface area contributed by atoms with Gasteiger partial charge in [0.15, 0.2) is 5.70 Å². The highest BCUT2D eigenvalue weighted by Crippen LogP contribution is 2.17. The predicted molar refractivity (Wildman–Crippen MR) is 88.2 cm³/mol. The molecule has 2 aromatic carbocycles. The molecule has 0 amide bonds. The Morgan fingerprint density at radius 3 is 2.36 bits per heavy atom. The predicted octanol–water partition coefficient (Wildman–Crippen LogP) is 4.00. The smallest absolute Gasteiger partial charge is 0.363 e. The molecule has 1 aliphatic rings. The van der Waals surface area contributed by atoms with Gasteiger partial charge >= 0.3 is 5.97 Å². The number of carbonyl (C=O) groups excluding carboxylic acids is 1. The third kappa shape index (κ3) is 3.38. The number of hydrogen-bond acceptors (Lipinski definition) is 3. The monoisotopic (exact) mass is 289 g/mol. The van der Waals surface area contributed by atoms with E-state index in [9.17, 15) is 4.79 Å². The Morgan fingerprint density at radius 1 is 0.909 bits per heavy atom. The maximum Gasteiger partial charge on any atom is 0.363 e. The first-order chi connectivity index (χ1) is 10.7. The fourth-order valence-corrected chi connectivity index (χ4v) is 2.05. The van der Waals surface area contributed by atoms with E-state index in [1.165, 1.54) is 5.56 Å². The van der Waals surface area contributed by atoms with E-state index in [0.717, 1.165) is 11.1 Å². The van der Waals surface area contributed by atoms with Crippen molar-refractivity contribution in [2.45, 2.75) is 6.92 Å². The first-order valence-corrected chi connectivity index (χ1v) is 7.03. The van der Waals surface area contributed by atoms with Crippen molar-refractivity contribution in [3.8, 4) is 0 Å². The van der Waals surface area contributed by atoms with Gasteiger partial charge in [-0.05, 0) is 30.2 Å². The number of aliphatic imine (C=N–C) groups is 1. The van der Waals surface area contributed by atoms with Crippen molar-refractivity contribution in [3.05, 3.63) is 83.1 Å². The zero-order valence-electron chi connectivity index (χ0n) is 12.2. The van der Waals surface area contributed by atoms with Gasteiger partial charge in [-0.3, -0.25) is 0 Å². The first kappa shape index (κ1) is 14.0. The number of cyclic esters (lactones) is 1. The molecule has 3 heteroatoms. The number of esters is 1. The van der Waals surface area contributed by atoms with Crippen LogP contribution in [0.25, 0.3) is 12.2 Å². The van der Waals surface area contributed by atoms with E-state index < -0.39 is 5.97 Å². The van der Waals surface area contributed by atoms with Crippen LogP contribution in [0.1, 0.15) is 16.7 Å². The largest absolute Gasteiger partial charge is 0.403 e. The summed E-state index contributed by atoms with van der Waals surface area (Å²) in [5.74, 6) is -0.111. The van der Waals surface area contributed by atoms with Crippen molar-refractivity contribution in [3.63, 3.8) is 0 Å². The SMILES string of the molecule is Cc1ccc(/C=C2N=C(/C=C/c3ccccc3)OC\2=O)cc1. The van der Waals surface area contributed by atoms with Gasteiger partial charge in [0.25, 0.3) is 0 Å². The molecular formula is C19H15NO2. The first-order valence-electron chi connectivity index (χ1n) is 7.03. The highest BCUT2D eigenvalue weighted by atomic mass is 16.6. The molecule has 1 aliphatic heterocycles. The Morgan fingerprint density at radius 2 is 1.64 bits per heavy atom. The van der Waals surface area contributed by atoms with Gasteiger partial charge in [0.1, 0.15) is 0 Å². The molecule has 0 unspecified atom stereocenters. The van der Waals surface area contributed by atoms with Crippen LogP contribution in [0.5, 0.6) is 0 Å². The average molecular weight is 289 g/mol. The lowest BCUT2D eigenvalue weighted by molar-refractivity contribution is -0.129. The number of rotatable bonds is 3. The number of nitrogens with zero attached hydrogens (tertiary/aromatic N) is 1. The van der Waals surface area contributed by atoms with E-state index in [1.807, 2.05) is 67.6 Å². The molecule has 22 heavy (non-hydrogen) atoms. The summed E-state index contributed by atoms with van der Waals surface area (Å²) in [7, 11) is 0. The number of benzene rings is 2. The Hall–Kier alpha value is -2.94. The van der Waals surface area contributed by atoms with E-state index in [0.29, 0.717) is 11.6 Å². The van der Waals surface area contributed by atoms with Crippen molar-refractivity contribution >= 4 is 24.0 Å². The summed E-state index contributed by atoms with van der Waals surface area (Å²) in [6.45, 7) is 2.02. The van der Waals surface area contributed by atoms with Crippen molar-refractivity contribution in [1.82, 2.24) is 0 Å². The summed E-state index contributed by atoms with van der Waals surface area (Å²) in [5.41, 5.74) is 3.44. The Bertz CT molecular complexity index is 769. The molecule has 108 valence electrons. The Balaban J connectivity index is 1.79. The van der Waals surface area contributed by atoms with Gasteiger partial charge < -0.3 is 4.74 Å². The fourth-order valence-electron chi connectivity index (χ4n) is 2.05. The van der Waals surface area contributed by atoms with Gasteiger partial charge in [0, 0.05) is 6.08 Å². The molecule has 0 N–H and O–H groups in total. The van der Waals surface area contributed by atoms with Gasteiger partial charge in [-0.2, -0.15) is 0 Å². The van der Waals surface area contributed by atoms with Crippen LogP contribution in [0.15, 0.2) is 71.4 Å². The summed E-state index contributed by atoms with van der Waals surface area (Å²) < 4.78 is 5.15. The van der Waals surface area contributed by atoms with Crippen molar-refractivity contribution < 1.29 is 9.53 Å². The molecule has 0 saturated carbocycles. The molecule has 0 atom stereocenters. The van der Waals surface area contributed by atoms with Crippen LogP contribution in [-0.2, 0) is 9.53 Å². The van der Waals surface area contributed by atoms with E-state index in [2.05, 4.69) is 4.99 Å². The molecule has 0 saturated heterocycles. The van der Waals surface area contributed by atoms with Crippen LogP contribution in [0.2, 0.25) is 0 Å². The zero-order chi connectivity index (χ0) is 15.4. The minimum atomic E-state index is -0.423. The molecule has 0 radical (unpaired) electrons. The van der Waals surface area contributed by atoms with E-state index in [4.69, 9.17) is 4.74 Å². The van der Waals surface area contributed by atoms with E-state index in [1.54, 1.807) is 12.2 Å². The maximum atomic E-state index is 11.8. The second-order valence-electron chi connectivity index (χ2n) is 5.02. The molecule has 2 aromatic rings. The highest BCUT2D eigenvalue weighted by Gasteiger charge is 2.20. The third-order valence-electron chi connectivity index (χ3n) is 3.24. The Labute approximate surface area is 129 Å². The molecule has 1 heterocycles. The maximum absolute atomic E-state index is 11.8. The van der Waals surface area contributed by atoms with Gasteiger partial charge in [0.05, 0.1) is 0 Å². The molecule has 0 bridgehead atoms. The minimum Gasteiger partial charge on any atom is -0.403 e. The van der Waals surface area contributed by atoms with Crippen LogP contribution < -0.4 is 0 Å². The fraction of sp³-hybridized carbons (Fsp3) is 0.0526. The summed E-state index contributed by atoms with van der Waals surface area (Å²) in [6.07, 6.45) is 5.29. The van der Waals surface area contributed by atoms with Gasteiger partial charge in [-0.1, -0.05) is 60.2 Å². The molecule has 0 fully saturated rings. The van der Waals surface area contributed by atoms with Crippen molar-refractivity contribution in [2.24, 2.45) is 4.99 Å². The lowest BCUT2D eigenvalue weighted by Gasteiger charge is -1.95. The zero-order valence-corrected chi connectivity index (χ0v) is 12.2. The van der Waals surface area contributed by atoms with Gasteiger partial charge in [0.2, 0.25) is 5.90 Å². The number of carbonyl (C=O) groups is 1. The Kier molecular flexibility index (Phi) is 3.97. The average Bonchev–Trinajstić information content (AvgIpc) is 2.89. The lowest BCUT2D eigenvalue weighted by atomic mass is 10.1. The van der Waals surface area contributed by atoms with Crippen LogP contribution in [0.4, 0.5) is 0 Å². The standard InChI is InChI=1S/C19H15NO2/c1-14-7-9-16(10-8-14)13-17-19(21)22-18(20-17)12-11-15-5-3-2-4-6-15/h2-13H,1H3/b12-11+,17-13-. The summed E-state index contributed by atoms with van der Waals surface area (Å²) in [6, 6.07) is 17.7. The molecule has 0 spiro atoms. The second kappa shape index (κ2) is 6.22. The molecular weight excluding hydrogens is 274 g/mol.